The molecule has 0 spiro atoms. The van der Waals surface area contributed by atoms with Gasteiger partial charge >= 0.3 is 5.69 Å². The van der Waals surface area contributed by atoms with Crippen molar-refractivity contribution in [2.24, 2.45) is 5.10 Å². The Morgan fingerprint density at radius 2 is 1.77 bits per heavy atom. The van der Waals surface area contributed by atoms with Crippen molar-refractivity contribution in [1.82, 2.24) is 0 Å². The van der Waals surface area contributed by atoms with E-state index in [1.165, 1.54) is 24.4 Å². The van der Waals surface area contributed by atoms with Crippen molar-refractivity contribution in [2.75, 3.05) is 5.43 Å². The quantitative estimate of drug-likeness (QED) is 0.256. The van der Waals surface area contributed by atoms with Gasteiger partial charge in [-0.1, -0.05) is 12.1 Å². The van der Waals surface area contributed by atoms with Crippen molar-refractivity contribution in [1.29, 1.82) is 0 Å². The van der Waals surface area contributed by atoms with Crippen LogP contribution < -0.4 is 10.2 Å². The lowest BCUT2D eigenvalue weighted by molar-refractivity contribution is -0.393. The van der Waals surface area contributed by atoms with Gasteiger partial charge < -0.3 is 4.74 Å². The van der Waals surface area contributed by atoms with Crippen LogP contribution in [0.5, 0.6) is 5.75 Å². The van der Waals surface area contributed by atoms with Crippen LogP contribution in [-0.2, 0) is 6.61 Å². The lowest BCUT2D eigenvalue weighted by Crippen LogP contribution is -1.99. The van der Waals surface area contributed by atoms with Gasteiger partial charge in [0.05, 0.1) is 26.6 Å². The topological polar surface area (TPSA) is 120 Å². The molecule has 0 atom stereocenters. The Kier molecular flexibility index (Phi) is 6.88. The Bertz CT molecular complexity index is 1150. The van der Waals surface area contributed by atoms with Crippen LogP contribution in [0.25, 0.3) is 0 Å². The summed E-state index contributed by atoms with van der Waals surface area (Å²) in [5.41, 5.74) is 3.17. The monoisotopic (exact) mass is 488 g/mol. The number of nitro groups is 2. The Hall–Kier alpha value is -3.86. The van der Waals surface area contributed by atoms with Crippen LogP contribution in [0.2, 0.25) is 0 Å². The van der Waals surface area contributed by atoms with Gasteiger partial charge in [-0.3, -0.25) is 25.7 Å². The van der Waals surface area contributed by atoms with E-state index in [2.05, 4.69) is 26.5 Å². The third-order valence-corrected chi connectivity index (χ3v) is 4.67. The molecule has 158 valence electrons. The molecule has 1 N–H and O–H groups in total. The molecule has 3 rings (SSSR count). The molecule has 0 amide bonds. The minimum absolute atomic E-state index is 0.0187. The van der Waals surface area contributed by atoms with Crippen LogP contribution in [0.3, 0.4) is 0 Å². The van der Waals surface area contributed by atoms with E-state index in [0.717, 1.165) is 17.7 Å². The van der Waals surface area contributed by atoms with Crippen molar-refractivity contribution >= 4 is 39.2 Å². The normalized spacial score (nSPS) is 10.8. The first-order valence-electron chi connectivity index (χ1n) is 8.72. The third kappa shape index (κ3) is 5.82. The summed E-state index contributed by atoms with van der Waals surface area (Å²) in [5.74, 6) is 0.252. The van der Waals surface area contributed by atoms with Gasteiger partial charge in [0, 0.05) is 6.07 Å². The molecular formula is C20H14BrFN4O5. The number of rotatable bonds is 8. The van der Waals surface area contributed by atoms with E-state index in [9.17, 15) is 24.6 Å². The van der Waals surface area contributed by atoms with Gasteiger partial charge in [0.25, 0.3) is 5.69 Å². The molecule has 0 aliphatic rings. The number of hydrogen-bond donors (Lipinski definition) is 1. The molecule has 0 aromatic heterocycles. The van der Waals surface area contributed by atoms with Gasteiger partial charge in [-0.2, -0.15) is 5.10 Å². The highest BCUT2D eigenvalue weighted by Gasteiger charge is 2.19. The number of halogens is 2. The first-order valence-corrected chi connectivity index (χ1v) is 9.51. The van der Waals surface area contributed by atoms with E-state index in [-0.39, 0.29) is 23.8 Å². The van der Waals surface area contributed by atoms with Gasteiger partial charge in [-0.15, -0.1) is 0 Å². The van der Waals surface area contributed by atoms with E-state index in [1.54, 1.807) is 30.3 Å². The van der Waals surface area contributed by atoms with Gasteiger partial charge in [0.15, 0.2) is 0 Å². The van der Waals surface area contributed by atoms with E-state index in [0.29, 0.717) is 15.8 Å². The molecule has 3 aromatic carbocycles. The van der Waals surface area contributed by atoms with Crippen LogP contribution >= 0.6 is 15.9 Å². The average Bonchev–Trinajstić information content (AvgIpc) is 2.74. The van der Waals surface area contributed by atoms with Crippen molar-refractivity contribution in [3.8, 4) is 5.75 Å². The van der Waals surface area contributed by atoms with E-state index >= 15 is 0 Å². The molecule has 0 fully saturated rings. The van der Waals surface area contributed by atoms with Gasteiger partial charge in [0.2, 0.25) is 0 Å². The molecule has 0 heterocycles. The molecule has 0 radical (unpaired) electrons. The van der Waals surface area contributed by atoms with Crippen molar-refractivity contribution in [3.63, 3.8) is 0 Å². The molecular weight excluding hydrogens is 475 g/mol. The van der Waals surface area contributed by atoms with Crippen molar-refractivity contribution < 1.29 is 19.0 Å². The summed E-state index contributed by atoms with van der Waals surface area (Å²) >= 11 is 3.40. The number of non-ortho nitro benzene ring substituents is 1. The second kappa shape index (κ2) is 9.76. The van der Waals surface area contributed by atoms with Crippen LogP contribution in [0.4, 0.5) is 21.5 Å². The summed E-state index contributed by atoms with van der Waals surface area (Å²) in [6.45, 7) is 0.262. The second-order valence-corrected chi connectivity index (χ2v) is 7.05. The fourth-order valence-electron chi connectivity index (χ4n) is 2.51. The summed E-state index contributed by atoms with van der Waals surface area (Å²) < 4.78 is 19.3. The van der Waals surface area contributed by atoms with E-state index in [4.69, 9.17) is 4.74 Å². The zero-order chi connectivity index (χ0) is 22.4. The van der Waals surface area contributed by atoms with Gasteiger partial charge in [-0.05, 0) is 63.5 Å². The highest BCUT2D eigenvalue weighted by molar-refractivity contribution is 9.10. The zero-order valence-corrected chi connectivity index (χ0v) is 17.3. The SMILES string of the molecule is O=[N+]([O-])c1ccc(N/N=C\c2ccc(OCc3ccc(F)cc3)c(Br)c2)c([N+](=O)[O-])c1. The summed E-state index contributed by atoms with van der Waals surface area (Å²) in [4.78, 5) is 20.5. The smallest absolute Gasteiger partial charge is 0.301 e. The van der Waals surface area contributed by atoms with Crippen LogP contribution in [-0.4, -0.2) is 16.1 Å². The van der Waals surface area contributed by atoms with Gasteiger partial charge in [-0.25, -0.2) is 4.39 Å². The lowest BCUT2D eigenvalue weighted by Gasteiger charge is -2.09. The first kappa shape index (κ1) is 21.8. The number of ether oxygens (including phenoxy) is 1. The number of nitrogens with one attached hydrogen (secondary N) is 1. The molecule has 0 unspecified atom stereocenters. The van der Waals surface area contributed by atoms with Crippen LogP contribution in [0, 0.1) is 26.0 Å². The third-order valence-electron chi connectivity index (χ3n) is 4.05. The fraction of sp³-hybridized carbons (Fsp3) is 0.0500. The number of hydrazone groups is 1. The van der Waals surface area contributed by atoms with E-state index < -0.39 is 15.5 Å². The minimum atomic E-state index is -0.727. The number of anilines is 1. The van der Waals surface area contributed by atoms with Crippen LogP contribution in [0.15, 0.2) is 70.2 Å². The standard InChI is InChI=1S/C20H14BrFN4O5/c21-17-9-14(3-8-20(17)31-12-13-1-4-15(22)5-2-13)11-23-24-18-7-6-16(25(27)28)10-19(18)26(29)30/h1-11,24H,12H2/b23-11-. The molecule has 3 aromatic rings. The summed E-state index contributed by atoms with van der Waals surface area (Å²) in [5, 5.41) is 25.9. The maximum atomic E-state index is 13.0. The molecule has 0 aliphatic carbocycles. The predicted molar refractivity (Wildman–Crippen MR) is 116 cm³/mol. The molecule has 9 nitrogen and oxygen atoms in total. The second-order valence-electron chi connectivity index (χ2n) is 6.19. The first-order chi connectivity index (χ1) is 14.8. The molecule has 0 aliphatic heterocycles. The van der Waals surface area contributed by atoms with Crippen molar-refractivity contribution in [2.45, 2.75) is 6.61 Å². The van der Waals surface area contributed by atoms with Gasteiger partial charge in [0.1, 0.15) is 23.9 Å². The van der Waals surface area contributed by atoms with Crippen molar-refractivity contribution in [3.05, 3.63) is 102 Å². The average molecular weight is 489 g/mol. The number of hydrogen-bond acceptors (Lipinski definition) is 7. The maximum Gasteiger partial charge on any atom is 0.301 e. The Balaban J connectivity index is 1.66. The highest BCUT2D eigenvalue weighted by atomic mass is 79.9. The summed E-state index contributed by atoms with van der Waals surface area (Å²) in [6.07, 6.45) is 1.43. The molecule has 0 saturated carbocycles. The number of benzene rings is 3. The predicted octanol–water partition coefficient (Wildman–Crippen LogP) is 5.43. The summed E-state index contributed by atoms with van der Waals surface area (Å²) in [6, 6.07) is 14.4. The maximum absolute atomic E-state index is 13.0. The summed E-state index contributed by atoms with van der Waals surface area (Å²) in [7, 11) is 0. The number of nitro benzene ring substituents is 2. The fourth-order valence-corrected chi connectivity index (χ4v) is 3.02. The highest BCUT2D eigenvalue weighted by Crippen LogP contribution is 2.29. The molecule has 0 bridgehead atoms. The van der Waals surface area contributed by atoms with E-state index in [1.807, 2.05) is 0 Å². The largest absolute Gasteiger partial charge is 0.488 e. The number of nitrogens with zero attached hydrogens (tertiary/aromatic N) is 3. The molecule has 0 saturated heterocycles. The Labute approximate surface area is 183 Å². The minimum Gasteiger partial charge on any atom is -0.488 e. The van der Waals surface area contributed by atoms with Crippen LogP contribution in [0.1, 0.15) is 11.1 Å². The zero-order valence-electron chi connectivity index (χ0n) is 15.7. The Morgan fingerprint density at radius 3 is 2.42 bits per heavy atom. The molecule has 11 heteroatoms. The Morgan fingerprint density at radius 1 is 1.03 bits per heavy atom. The lowest BCUT2D eigenvalue weighted by atomic mass is 10.2. The molecule has 31 heavy (non-hydrogen) atoms.